The molecular weight excluding hydrogens is 282 g/mol. The van der Waals surface area contributed by atoms with Crippen molar-refractivity contribution in [3.05, 3.63) is 35.9 Å². The van der Waals surface area contributed by atoms with E-state index >= 15 is 0 Å². The normalized spacial score (nSPS) is 20.2. The molecule has 0 bridgehead atoms. The highest BCUT2D eigenvalue weighted by molar-refractivity contribution is 5.77. The molecule has 0 atom stereocenters. The predicted molar refractivity (Wildman–Crippen MR) is 82.5 cm³/mol. The number of carbonyl (C=O) groups is 2. The number of carboxylic acids is 1. The van der Waals surface area contributed by atoms with Crippen LogP contribution in [0.3, 0.4) is 0 Å². The van der Waals surface area contributed by atoms with E-state index in [2.05, 4.69) is 17.4 Å². The van der Waals surface area contributed by atoms with Crippen LogP contribution in [-0.2, 0) is 20.7 Å². The summed E-state index contributed by atoms with van der Waals surface area (Å²) in [5.41, 5.74) is 1.25. The second kappa shape index (κ2) is 8.54. The molecule has 1 aromatic rings. The zero-order chi connectivity index (χ0) is 15.8. The molecule has 1 aromatic carbocycles. The van der Waals surface area contributed by atoms with Gasteiger partial charge in [-0.3, -0.25) is 9.59 Å². The topological polar surface area (TPSA) is 75.6 Å². The van der Waals surface area contributed by atoms with Gasteiger partial charge < -0.3 is 15.2 Å². The summed E-state index contributed by atoms with van der Waals surface area (Å²) in [6.45, 7) is 1.23. The monoisotopic (exact) mass is 305 g/mol. The molecule has 1 aliphatic carbocycles. The van der Waals surface area contributed by atoms with E-state index in [0.717, 1.165) is 6.42 Å². The minimum Gasteiger partial charge on any atom is -0.481 e. The highest BCUT2D eigenvalue weighted by Crippen LogP contribution is 2.27. The van der Waals surface area contributed by atoms with E-state index in [9.17, 15) is 9.59 Å². The van der Waals surface area contributed by atoms with Gasteiger partial charge in [0.15, 0.2) is 0 Å². The third-order valence-corrected chi connectivity index (χ3v) is 3.92. The van der Waals surface area contributed by atoms with E-state index in [1.165, 1.54) is 5.56 Å². The van der Waals surface area contributed by atoms with Crippen LogP contribution in [0.4, 0.5) is 0 Å². The summed E-state index contributed by atoms with van der Waals surface area (Å²) in [6, 6.07) is 10.2. The summed E-state index contributed by atoms with van der Waals surface area (Å²) in [7, 11) is 0. The van der Waals surface area contributed by atoms with Crippen molar-refractivity contribution in [3.63, 3.8) is 0 Å². The minimum absolute atomic E-state index is 0.0134. The molecule has 1 saturated carbocycles. The molecule has 0 aliphatic heterocycles. The van der Waals surface area contributed by atoms with E-state index in [1.54, 1.807) is 0 Å². The van der Waals surface area contributed by atoms with Crippen LogP contribution in [0.25, 0.3) is 0 Å². The molecule has 1 fully saturated rings. The Balaban J connectivity index is 1.45. The van der Waals surface area contributed by atoms with Gasteiger partial charge >= 0.3 is 5.97 Å². The number of rotatable bonds is 9. The van der Waals surface area contributed by atoms with Gasteiger partial charge in [0.2, 0.25) is 5.91 Å². The van der Waals surface area contributed by atoms with Crippen molar-refractivity contribution < 1.29 is 19.4 Å². The first kappa shape index (κ1) is 16.5. The quantitative estimate of drug-likeness (QED) is 0.684. The number of ether oxygens (including phenoxy) is 1. The van der Waals surface area contributed by atoms with Crippen LogP contribution in [0.5, 0.6) is 0 Å². The van der Waals surface area contributed by atoms with E-state index < -0.39 is 5.97 Å². The lowest BCUT2D eigenvalue weighted by Gasteiger charge is -2.32. The zero-order valence-corrected chi connectivity index (χ0v) is 12.7. The second-order valence-electron chi connectivity index (χ2n) is 5.72. The highest BCUT2D eigenvalue weighted by Gasteiger charge is 2.34. The van der Waals surface area contributed by atoms with Gasteiger partial charge in [-0.15, -0.1) is 0 Å². The number of amides is 1. The molecule has 2 N–H and O–H groups in total. The van der Waals surface area contributed by atoms with Gasteiger partial charge in [0, 0.05) is 19.1 Å². The van der Waals surface area contributed by atoms with Crippen molar-refractivity contribution in [2.75, 3.05) is 13.2 Å². The highest BCUT2D eigenvalue weighted by atomic mass is 16.5. The summed E-state index contributed by atoms with van der Waals surface area (Å²) in [5, 5.41) is 11.6. The van der Waals surface area contributed by atoms with Gasteiger partial charge in [0.1, 0.15) is 0 Å². The van der Waals surface area contributed by atoms with Crippen LogP contribution in [-0.4, -0.2) is 36.2 Å². The summed E-state index contributed by atoms with van der Waals surface area (Å²) >= 11 is 0. The Kier molecular flexibility index (Phi) is 6.40. The van der Waals surface area contributed by atoms with Crippen molar-refractivity contribution in [2.24, 2.45) is 5.92 Å². The Hall–Kier alpha value is -1.88. The predicted octanol–water partition coefficient (Wildman–Crippen LogP) is 2.01. The maximum absolute atomic E-state index is 11.7. The molecule has 1 amide bonds. The van der Waals surface area contributed by atoms with Gasteiger partial charge in [0.05, 0.1) is 12.5 Å². The van der Waals surface area contributed by atoms with Crippen LogP contribution in [0.2, 0.25) is 0 Å². The van der Waals surface area contributed by atoms with Crippen molar-refractivity contribution in [3.8, 4) is 0 Å². The number of benzene rings is 1. The van der Waals surface area contributed by atoms with E-state index in [1.807, 2.05) is 18.2 Å². The molecule has 120 valence electrons. The fourth-order valence-corrected chi connectivity index (χ4v) is 2.51. The zero-order valence-electron chi connectivity index (χ0n) is 12.7. The van der Waals surface area contributed by atoms with Crippen molar-refractivity contribution in [1.82, 2.24) is 5.32 Å². The maximum atomic E-state index is 11.7. The van der Waals surface area contributed by atoms with Gasteiger partial charge in [-0.1, -0.05) is 30.3 Å². The minimum atomic E-state index is -0.766. The Bertz CT molecular complexity index is 483. The molecule has 0 spiro atoms. The Labute approximate surface area is 130 Å². The summed E-state index contributed by atoms with van der Waals surface area (Å²) in [6.07, 6.45) is 3.10. The number of aliphatic carboxylic acids is 1. The molecular formula is C17H23NO4. The second-order valence-corrected chi connectivity index (χ2v) is 5.72. The van der Waals surface area contributed by atoms with Gasteiger partial charge in [0.25, 0.3) is 0 Å². The lowest BCUT2D eigenvalue weighted by molar-refractivity contribution is -0.146. The lowest BCUT2D eigenvalue weighted by Crippen LogP contribution is -2.46. The molecule has 0 unspecified atom stereocenters. The third kappa shape index (κ3) is 5.48. The third-order valence-electron chi connectivity index (χ3n) is 3.92. The SMILES string of the molecule is O=C(CCCOCCc1ccccc1)NC1CC(C(=O)O)C1. The van der Waals surface area contributed by atoms with Crippen molar-refractivity contribution >= 4 is 11.9 Å². The van der Waals surface area contributed by atoms with Gasteiger partial charge in [-0.05, 0) is 31.2 Å². The Morgan fingerprint density at radius 3 is 2.59 bits per heavy atom. The van der Waals surface area contributed by atoms with Crippen LogP contribution in [0.15, 0.2) is 30.3 Å². The standard InChI is InChI=1S/C17H23NO4/c19-16(18-15-11-14(12-15)17(20)21)7-4-9-22-10-8-13-5-2-1-3-6-13/h1-3,5-6,14-15H,4,7-12H2,(H,18,19)(H,20,21). The first-order valence-electron chi connectivity index (χ1n) is 7.79. The molecule has 22 heavy (non-hydrogen) atoms. The van der Waals surface area contributed by atoms with Crippen molar-refractivity contribution in [1.29, 1.82) is 0 Å². The number of hydrogen-bond acceptors (Lipinski definition) is 3. The molecule has 0 saturated heterocycles. The number of nitrogens with one attached hydrogen (secondary N) is 1. The number of carbonyl (C=O) groups excluding carboxylic acids is 1. The van der Waals surface area contributed by atoms with Gasteiger partial charge in [-0.2, -0.15) is 0 Å². The molecule has 1 aliphatic rings. The van der Waals surface area contributed by atoms with E-state index in [4.69, 9.17) is 9.84 Å². The maximum Gasteiger partial charge on any atom is 0.306 e. The van der Waals surface area contributed by atoms with Crippen LogP contribution in [0.1, 0.15) is 31.2 Å². The fourth-order valence-electron chi connectivity index (χ4n) is 2.51. The summed E-state index contributed by atoms with van der Waals surface area (Å²) < 4.78 is 5.52. The average Bonchev–Trinajstić information content (AvgIpc) is 2.46. The summed E-state index contributed by atoms with van der Waals surface area (Å²) in [4.78, 5) is 22.3. The molecule has 2 rings (SSSR count). The summed E-state index contributed by atoms with van der Waals surface area (Å²) in [5.74, 6) is -1.07. The first-order chi connectivity index (χ1) is 10.6. The van der Waals surface area contributed by atoms with E-state index in [-0.39, 0.29) is 17.9 Å². The molecule has 0 heterocycles. The van der Waals surface area contributed by atoms with Crippen LogP contribution < -0.4 is 5.32 Å². The molecule has 5 heteroatoms. The lowest BCUT2D eigenvalue weighted by atomic mass is 9.80. The Morgan fingerprint density at radius 1 is 1.18 bits per heavy atom. The number of carboxylic acid groups (broad SMARTS) is 1. The van der Waals surface area contributed by atoms with E-state index in [0.29, 0.717) is 38.9 Å². The molecule has 0 radical (unpaired) electrons. The van der Waals surface area contributed by atoms with Crippen LogP contribution in [0, 0.1) is 5.92 Å². The Morgan fingerprint density at radius 2 is 1.91 bits per heavy atom. The largest absolute Gasteiger partial charge is 0.481 e. The molecule has 0 aromatic heterocycles. The smallest absolute Gasteiger partial charge is 0.306 e. The van der Waals surface area contributed by atoms with Gasteiger partial charge in [-0.25, -0.2) is 0 Å². The number of hydrogen-bond donors (Lipinski definition) is 2. The average molecular weight is 305 g/mol. The fraction of sp³-hybridized carbons (Fsp3) is 0.529. The molecule has 5 nitrogen and oxygen atoms in total. The van der Waals surface area contributed by atoms with Crippen molar-refractivity contribution in [2.45, 2.75) is 38.1 Å². The van der Waals surface area contributed by atoms with Crippen LogP contribution >= 0.6 is 0 Å². The first-order valence-corrected chi connectivity index (χ1v) is 7.79.